The summed E-state index contributed by atoms with van der Waals surface area (Å²) in [6, 6.07) is -1.63. The molecular weight excluding hydrogens is 492 g/mol. The first-order valence-corrected chi connectivity index (χ1v) is 13.1. The Morgan fingerprint density at radius 1 is 1.18 bits per heavy atom. The van der Waals surface area contributed by atoms with Crippen molar-refractivity contribution in [3.05, 3.63) is 11.6 Å². The molecule has 0 aromatic carbocycles. The van der Waals surface area contributed by atoms with E-state index in [0.717, 1.165) is 30.5 Å². The summed E-state index contributed by atoms with van der Waals surface area (Å²) in [5.74, 6) is -0.952. The second-order valence-electron chi connectivity index (χ2n) is 11.7. The van der Waals surface area contributed by atoms with Gasteiger partial charge in [-0.15, -0.1) is 0 Å². The predicted octanol–water partition coefficient (Wildman–Crippen LogP) is 1.72. The number of Topliss-reactive ketones (excluding diaryl/α,β-unsaturated/α-hetero) is 1. The summed E-state index contributed by atoms with van der Waals surface area (Å²) in [6.07, 6.45) is 5.64. The number of allylic oxidation sites excluding steroid dienone is 2. The van der Waals surface area contributed by atoms with Crippen LogP contribution in [0.15, 0.2) is 21.9 Å². The highest BCUT2D eigenvalue weighted by Gasteiger charge is 2.70. The Morgan fingerprint density at radius 2 is 1.87 bits per heavy atom. The van der Waals surface area contributed by atoms with E-state index in [-0.39, 0.29) is 53.6 Å². The van der Waals surface area contributed by atoms with Crippen molar-refractivity contribution in [2.75, 3.05) is 6.61 Å². The van der Waals surface area contributed by atoms with E-state index < -0.39 is 29.0 Å². The first-order chi connectivity index (χ1) is 17.7. The number of fused-ring (bicyclic) bond motifs is 5. The fraction of sp³-hybridized carbons (Fsp3) is 0.692. The number of nitrogens with two attached hydrogens (primary N) is 2. The van der Waals surface area contributed by atoms with E-state index in [1.807, 2.05) is 19.9 Å². The van der Waals surface area contributed by atoms with Crippen LogP contribution in [0.5, 0.6) is 0 Å². The molecule has 0 aromatic rings. The van der Waals surface area contributed by atoms with Crippen molar-refractivity contribution in [1.29, 1.82) is 0 Å². The second-order valence-corrected chi connectivity index (χ2v) is 11.7. The molecule has 0 radical (unpaired) electrons. The molecule has 3 fully saturated rings. The monoisotopic (exact) mass is 530 g/mol. The van der Waals surface area contributed by atoms with Gasteiger partial charge in [0.05, 0.1) is 5.71 Å². The van der Waals surface area contributed by atoms with E-state index in [0.29, 0.717) is 12.8 Å². The number of rotatable bonds is 5. The van der Waals surface area contributed by atoms with Gasteiger partial charge in [0, 0.05) is 24.7 Å². The molecule has 7 atom stereocenters. The number of hydrazone groups is 2. The molecular formula is C26H38N6O6. The van der Waals surface area contributed by atoms with Crippen LogP contribution < -0.4 is 22.3 Å². The first kappa shape index (κ1) is 27.7. The van der Waals surface area contributed by atoms with Crippen LogP contribution >= 0.6 is 0 Å². The molecule has 38 heavy (non-hydrogen) atoms. The fourth-order valence-electron chi connectivity index (χ4n) is 8.08. The van der Waals surface area contributed by atoms with Gasteiger partial charge < -0.3 is 21.3 Å². The van der Waals surface area contributed by atoms with Crippen LogP contribution in [-0.2, 0) is 14.3 Å². The number of amides is 4. The molecule has 12 nitrogen and oxygen atoms in total. The highest BCUT2D eigenvalue weighted by Crippen LogP contribution is 2.68. The number of nitrogens with one attached hydrogen (secondary N) is 2. The Morgan fingerprint density at radius 3 is 2.50 bits per heavy atom. The lowest BCUT2D eigenvalue weighted by Gasteiger charge is -2.58. The van der Waals surface area contributed by atoms with E-state index in [4.69, 9.17) is 16.2 Å². The molecule has 4 aliphatic carbocycles. The quantitative estimate of drug-likeness (QED) is 0.203. The standard InChI is InChI=1S/C26H38N6O6/c1-13-9-18-17-6-5-15-10-16(29-31-22(27)35)7-8-24(15,3)21(17)19(34)11-25(18,4)26(13,37)20(12-38-14(2)33)30-32-23(28)36/h10,13,17-18,21,37H,5-9,11-12H2,1-4H3,(H3,27,31,35)(H3,28,32,36)/b29-16-,30-20+/t13-,17+,18+,21-,24+,25+,26+/m1/s1. The van der Waals surface area contributed by atoms with Crippen LogP contribution in [-0.4, -0.2) is 52.6 Å². The molecule has 4 rings (SSSR count). The van der Waals surface area contributed by atoms with Gasteiger partial charge in [0.1, 0.15) is 23.7 Å². The number of hydrogen-bond donors (Lipinski definition) is 5. The average Bonchev–Trinajstić information content (AvgIpc) is 3.03. The zero-order valence-electron chi connectivity index (χ0n) is 22.4. The van der Waals surface area contributed by atoms with Gasteiger partial charge in [-0.25, -0.2) is 20.4 Å². The zero-order chi connectivity index (χ0) is 28.0. The van der Waals surface area contributed by atoms with Crippen LogP contribution in [0.1, 0.15) is 66.2 Å². The molecule has 3 saturated carbocycles. The molecule has 0 aromatic heterocycles. The maximum atomic E-state index is 14.0. The number of ketones is 1. The van der Waals surface area contributed by atoms with Crippen LogP contribution in [0.3, 0.4) is 0 Å². The van der Waals surface area contributed by atoms with Gasteiger partial charge in [0.2, 0.25) is 0 Å². The number of carbonyl (C=O) groups excluding carboxylic acids is 4. The molecule has 208 valence electrons. The van der Waals surface area contributed by atoms with Gasteiger partial charge in [0.25, 0.3) is 0 Å². The van der Waals surface area contributed by atoms with Gasteiger partial charge in [-0.3, -0.25) is 9.59 Å². The smallest absolute Gasteiger partial charge is 0.332 e. The highest BCUT2D eigenvalue weighted by molar-refractivity contribution is 5.99. The lowest BCUT2D eigenvalue weighted by atomic mass is 9.45. The molecule has 7 N–H and O–H groups in total. The number of aliphatic hydroxyl groups is 1. The Hall–Kier alpha value is -3.28. The van der Waals surface area contributed by atoms with Gasteiger partial charge in [-0.05, 0) is 61.3 Å². The minimum Gasteiger partial charge on any atom is -0.460 e. The molecule has 0 aliphatic heterocycles. The summed E-state index contributed by atoms with van der Waals surface area (Å²) in [4.78, 5) is 48.1. The third-order valence-electron chi connectivity index (χ3n) is 9.71. The molecule has 0 unspecified atom stereocenters. The Kier molecular flexibility index (Phi) is 7.15. The molecule has 12 heteroatoms. The van der Waals surface area contributed by atoms with Crippen LogP contribution in [0.4, 0.5) is 9.59 Å². The molecule has 0 saturated heterocycles. The third kappa shape index (κ3) is 4.38. The summed E-state index contributed by atoms with van der Waals surface area (Å²) in [7, 11) is 0. The Bertz CT molecular complexity index is 1150. The van der Waals surface area contributed by atoms with E-state index in [1.54, 1.807) is 0 Å². The zero-order valence-corrected chi connectivity index (χ0v) is 22.4. The van der Waals surface area contributed by atoms with E-state index in [1.165, 1.54) is 6.92 Å². The number of urea groups is 2. The predicted molar refractivity (Wildman–Crippen MR) is 139 cm³/mol. The topological polar surface area (TPSA) is 199 Å². The summed E-state index contributed by atoms with van der Waals surface area (Å²) in [5, 5.41) is 20.5. The minimum atomic E-state index is -1.60. The third-order valence-corrected chi connectivity index (χ3v) is 9.71. The molecule has 0 spiro atoms. The summed E-state index contributed by atoms with van der Waals surface area (Å²) in [5.41, 5.74) is 14.0. The van der Waals surface area contributed by atoms with E-state index in [9.17, 15) is 24.3 Å². The summed E-state index contributed by atoms with van der Waals surface area (Å²) < 4.78 is 5.19. The normalized spacial score (nSPS) is 39.4. The Balaban J connectivity index is 1.70. The number of ether oxygens (including phenoxy) is 1. The number of hydrogen-bond acceptors (Lipinski definition) is 8. The van der Waals surface area contributed by atoms with Crippen LogP contribution in [0, 0.1) is 34.5 Å². The number of primary amides is 2. The van der Waals surface area contributed by atoms with Crippen molar-refractivity contribution in [3.63, 3.8) is 0 Å². The van der Waals surface area contributed by atoms with Crippen molar-refractivity contribution < 1.29 is 29.0 Å². The maximum Gasteiger partial charge on any atom is 0.332 e. The fourth-order valence-corrected chi connectivity index (χ4v) is 8.08. The Labute approximate surface area is 221 Å². The molecule has 0 heterocycles. The first-order valence-electron chi connectivity index (χ1n) is 13.1. The van der Waals surface area contributed by atoms with Crippen molar-refractivity contribution in [1.82, 2.24) is 10.9 Å². The lowest BCUT2D eigenvalue weighted by molar-refractivity contribution is -0.153. The number of carbonyl (C=O) groups is 4. The van der Waals surface area contributed by atoms with Crippen LogP contribution in [0.2, 0.25) is 0 Å². The van der Waals surface area contributed by atoms with Crippen molar-refractivity contribution >= 4 is 35.2 Å². The highest BCUT2D eigenvalue weighted by atomic mass is 16.5. The van der Waals surface area contributed by atoms with Gasteiger partial charge >= 0.3 is 18.0 Å². The average molecular weight is 531 g/mol. The largest absolute Gasteiger partial charge is 0.460 e. The molecule has 4 aliphatic rings. The minimum absolute atomic E-state index is 0.00581. The lowest BCUT2D eigenvalue weighted by Crippen LogP contribution is -2.62. The number of esters is 1. The van der Waals surface area contributed by atoms with Crippen LogP contribution in [0.25, 0.3) is 0 Å². The molecule has 4 amide bonds. The van der Waals surface area contributed by atoms with Crippen molar-refractivity contribution in [2.24, 2.45) is 56.2 Å². The van der Waals surface area contributed by atoms with Crippen molar-refractivity contribution in [3.8, 4) is 0 Å². The second kappa shape index (κ2) is 9.79. The SMILES string of the molecule is CC(=O)OC/C(=N\NC(N)=O)[C@@]1(O)[C@H](C)C[C@H]2[C@@H]3CCC4=C/C(=N\NC(N)=O)CC[C@]4(C)[C@H]3C(=O)C[C@@]21C. The van der Waals surface area contributed by atoms with E-state index >= 15 is 0 Å². The van der Waals surface area contributed by atoms with E-state index in [2.05, 4.69) is 28.0 Å². The van der Waals surface area contributed by atoms with Gasteiger partial charge in [0.15, 0.2) is 0 Å². The maximum absolute atomic E-state index is 14.0. The van der Waals surface area contributed by atoms with Crippen molar-refractivity contribution in [2.45, 2.75) is 71.8 Å². The summed E-state index contributed by atoms with van der Waals surface area (Å²) in [6.45, 7) is 6.88. The summed E-state index contributed by atoms with van der Waals surface area (Å²) >= 11 is 0. The molecule has 0 bridgehead atoms. The van der Waals surface area contributed by atoms with Gasteiger partial charge in [-0.1, -0.05) is 26.3 Å². The number of nitrogens with zero attached hydrogens (tertiary/aromatic N) is 2. The van der Waals surface area contributed by atoms with Gasteiger partial charge in [-0.2, -0.15) is 10.2 Å².